The van der Waals surface area contributed by atoms with Crippen LogP contribution in [-0.4, -0.2) is 65.9 Å². The second-order valence-electron chi connectivity index (χ2n) is 8.37. The molecule has 26 heavy (non-hydrogen) atoms. The number of likely N-dealkylation sites (tertiary alicyclic amines) is 2. The van der Waals surface area contributed by atoms with E-state index < -0.39 is 0 Å². The van der Waals surface area contributed by atoms with E-state index in [9.17, 15) is 4.79 Å². The molecule has 1 unspecified atom stereocenters. The van der Waals surface area contributed by atoms with Crippen molar-refractivity contribution in [3.05, 3.63) is 35.9 Å². The first-order chi connectivity index (χ1) is 12.5. The summed E-state index contributed by atoms with van der Waals surface area (Å²) in [5.41, 5.74) is 1.41. The summed E-state index contributed by atoms with van der Waals surface area (Å²) in [5.74, 6) is 0.532. The third-order valence-corrected chi connectivity index (χ3v) is 6.25. The maximum absolute atomic E-state index is 12.7. The summed E-state index contributed by atoms with van der Waals surface area (Å²) in [6, 6.07) is 11.7. The van der Waals surface area contributed by atoms with Crippen molar-refractivity contribution in [2.75, 3.05) is 33.2 Å². The molecule has 3 rings (SSSR count). The van der Waals surface area contributed by atoms with E-state index in [1.54, 1.807) is 0 Å². The Morgan fingerprint density at radius 3 is 2.46 bits per heavy atom. The van der Waals surface area contributed by atoms with Crippen LogP contribution in [0.2, 0.25) is 0 Å². The van der Waals surface area contributed by atoms with Crippen LogP contribution in [0.5, 0.6) is 0 Å². The Bertz CT molecular complexity index is 566. The van der Waals surface area contributed by atoms with Gasteiger partial charge in [-0.2, -0.15) is 0 Å². The van der Waals surface area contributed by atoms with Crippen LogP contribution in [-0.2, 0) is 11.3 Å². The molecule has 2 heterocycles. The van der Waals surface area contributed by atoms with Crippen LogP contribution in [0.25, 0.3) is 0 Å². The van der Waals surface area contributed by atoms with Gasteiger partial charge in [-0.15, -0.1) is 0 Å². The Balaban J connectivity index is 1.49. The summed E-state index contributed by atoms with van der Waals surface area (Å²) >= 11 is 0. The normalized spacial score (nSPS) is 23.3. The van der Waals surface area contributed by atoms with Crippen molar-refractivity contribution in [2.24, 2.45) is 5.92 Å². The van der Waals surface area contributed by atoms with Crippen molar-refractivity contribution < 1.29 is 4.79 Å². The van der Waals surface area contributed by atoms with Gasteiger partial charge in [-0.3, -0.25) is 14.6 Å². The number of amides is 1. The maximum atomic E-state index is 12.7. The van der Waals surface area contributed by atoms with E-state index in [0.29, 0.717) is 18.0 Å². The molecule has 0 saturated carbocycles. The number of hydrogen-bond acceptors (Lipinski definition) is 3. The molecule has 1 aromatic rings. The smallest absolute Gasteiger partial charge is 0.226 e. The van der Waals surface area contributed by atoms with Crippen molar-refractivity contribution >= 4 is 5.91 Å². The van der Waals surface area contributed by atoms with Gasteiger partial charge in [0.05, 0.1) is 5.92 Å². The van der Waals surface area contributed by atoms with Gasteiger partial charge in [0, 0.05) is 32.2 Å². The second-order valence-corrected chi connectivity index (χ2v) is 8.37. The Hall–Kier alpha value is -1.39. The van der Waals surface area contributed by atoms with Crippen molar-refractivity contribution in [2.45, 2.75) is 58.2 Å². The zero-order valence-electron chi connectivity index (χ0n) is 16.7. The topological polar surface area (TPSA) is 26.8 Å². The minimum atomic E-state index is 0.193. The third-order valence-electron chi connectivity index (χ3n) is 6.25. The fourth-order valence-corrected chi connectivity index (χ4v) is 4.37. The number of piperidine rings is 2. The summed E-state index contributed by atoms with van der Waals surface area (Å²) in [4.78, 5) is 19.8. The molecule has 4 nitrogen and oxygen atoms in total. The minimum Gasteiger partial charge on any atom is -0.343 e. The standard InChI is InChI=1S/C22H35N3O/c1-18(2)23(3)22(26)20-10-7-13-25(17-20)21-11-14-24(15-12-21)16-19-8-5-4-6-9-19/h4-6,8-9,18,20-21H,7,10-17H2,1-3H3. The largest absolute Gasteiger partial charge is 0.343 e. The van der Waals surface area contributed by atoms with Gasteiger partial charge in [-0.25, -0.2) is 0 Å². The van der Waals surface area contributed by atoms with Crippen LogP contribution >= 0.6 is 0 Å². The van der Waals surface area contributed by atoms with Crippen LogP contribution in [0.3, 0.4) is 0 Å². The molecule has 2 fully saturated rings. The third kappa shape index (κ3) is 4.86. The highest BCUT2D eigenvalue weighted by Crippen LogP contribution is 2.25. The van der Waals surface area contributed by atoms with E-state index >= 15 is 0 Å². The van der Waals surface area contributed by atoms with E-state index in [1.165, 1.54) is 38.0 Å². The highest BCUT2D eigenvalue weighted by Gasteiger charge is 2.33. The van der Waals surface area contributed by atoms with Gasteiger partial charge in [0.25, 0.3) is 0 Å². The molecule has 0 spiro atoms. The van der Waals surface area contributed by atoms with E-state index in [4.69, 9.17) is 0 Å². The molecule has 1 amide bonds. The molecular formula is C22H35N3O. The molecule has 0 radical (unpaired) electrons. The molecule has 144 valence electrons. The average Bonchev–Trinajstić information content (AvgIpc) is 2.68. The Kier molecular flexibility index (Phi) is 6.71. The van der Waals surface area contributed by atoms with Gasteiger partial charge in [0.1, 0.15) is 0 Å². The van der Waals surface area contributed by atoms with Gasteiger partial charge in [0.15, 0.2) is 0 Å². The first-order valence-corrected chi connectivity index (χ1v) is 10.3. The SMILES string of the molecule is CC(C)N(C)C(=O)C1CCCN(C2CCN(Cc3ccccc3)CC2)C1. The zero-order chi connectivity index (χ0) is 18.5. The summed E-state index contributed by atoms with van der Waals surface area (Å²) < 4.78 is 0. The van der Waals surface area contributed by atoms with Crippen LogP contribution < -0.4 is 0 Å². The van der Waals surface area contributed by atoms with Crippen LogP contribution in [0.15, 0.2) is 30.3 Å². The van der Waals surface area contributed by atoms with Crippen molar-refractivity contribution in [3.63, 3.8) is 0 Å². The quantitative estimate of drug-likeness (QED) is 0.809. The molecule has 2 aliphatic heterocycles. The van der Waals surface area contributed by atoms with E-state index in [1.807, 2.05) is 11.9 Å². The van der Waals surface area contributed by atoms with Crippen LogP contribution in [0.1, 0.15) is 45.1 Å². The summed E-state index contributed by atoms with van der Waals surface area (Å²) in [5, 5.41) is 0. The predicted octanol–water partition coefficient (Wildman–Crippen LogP) is 3.23. The summed E-state index contributed by atoms with van der Waals surface area (Å²) in [6.45, 7) is 9.72. The lowest BCUT2D eigenvalue weighted by atomic mass is 9.92. The Morgan fingerprint density at radius 2 is 1.81 bits per heavy atom. The molecular weight excluding hydrogens is 322 g/mol. The van der Waals surface area contributed by atoms with Crippen molar-refractivity contribution in [1.29, 1.82) is 0 Å². The number of carbonyl (C=O) groups is 1. The predicted molar refractivity (Wildman–Crippen MR) is 107 cm³/mol. The lowest BCUT2D eigenvalue weighted by Gasteiger charge is -2.42. The number of nitrogens with zero attached hydrogens (tertiary/aromatic N) is 3. The highest BCUT2D eigenvalue weighted by molar-refractivity contribution is 5.79. The Labute approximate surface area is 159 Å². The number of benzene rings is 1. The van der Waals surface area contributed by atoms with Gasteiger partial charge in [0.2, 0.25) is 5.91 Å². The molecule has 1 atom stereocenters. The molecule has 2 aliphatic rings. The van der Waals surface area contributed by atoms with Gasteiger partial charge in [-0.05, 0) is 64.7 Å². The first-order valence-electron chi connectivity index (χ1n) is 10.3. The number of carbonyl (C=O) groups excluding carboxylic acids is 1. The zero-order valence-corrected chi connectivity index (χ0v) is 16.7. The van der Waals surface area contributed by atoms with E-state index in [0.717, 1.165) is 25.9 Å². The van der Waals surface area contributed by atoms with Gasteiger partial charge < -0.3 is 4.90 Å². The van der Waals surface area contributed by atoms with Crippen LogP contribution in [0, 0.1) is 5.92 Å². The van der Waals surface area contributed by atoms with Crippen molar-refractivity contribution in [1.82, 2.24) is 14.7 Å². The minimum absolute atomic E-state index is 0.193. The summed E-state index contributed by atoms with van der Waals surface area (Å²) in [7, 11) is 1.95. The molecule has 0 N–H and O–H groups in total. The number of hydrogen-bond donors (Lipinski definition) is 0. The van der Waals surface area contributed by atoms with Gasteiger partial charge in [-0.1, -0.05) is 30.3 Å². The van der Waals surface area contributed by atoms with Crippen molar-refractivity contribution in [3.8, 4) is 0 Å². The summed E-state index contributed by atoms with van der Waals surface area (Å²) in [6.07, 6.45) is 4.67. The Morgan fingerprint density at radius 1 is 1.12 bits per heavy atom. The average molecular weight is 358 g/mol. The monoisotopic (exact) mass is 357 g/mol. The first kappa shape index (κ1) is 19.4. The fraction of sp³-hybridized carbons (Fsp3) is 0.682. The lowest BCUT2D eigenvalue weighted by Crippen LogP contribution is -2.51. The second kappa shape index (κ2) is 9.01. The molecule has 4 heteroatoms. The van der Waals surface area contributed by atoms with Gasteiger partial charge >= 0.3 is 0 Å². The molecule has 0 bridgehead atoms. The maximum Gasteiger partial charge on any atom is 0.226 e. The molecule has 2 saturated heterocycles. The van der Waals surface area contributed by atoms with E-state index in [2.05, 4.69) is 54.0 Å². The fourth-order valence-electron chi connectivity index (χ4n) is 4.37. The molecule has 0 aliphatic carbocycles. The molecule has 0 aromatic heterocycles. The highest BCUT2D eigenvalue weighted by atomic mass is 16.2. The molecule has 1 aromatic carbocycles. The lowest BCUT2D eigenvalue weighted by molar-refractivity contribution is -0.138. The number of rotatable bonds is 5. The van der Waals surface area contributed by atoms with Crippen LogP contribution in [0.4, 0.5) is 0 Å². The van der Waals surface area contributed by atoms with E-state index in [-0.39, 0.29) is 5.92 Å².